The Morgan fingerprint density at radius 1 is 1.88 bits per heavy atom. The third-order valence-electron chi connectivity index (χ3n) is 1.89. The fourth-order valence-corrected chi connectivity index (χ4v) is 0.826. The van der Waals surface area contributed by atoms with E-state index in [-0.39, 0.29) is 5.60 Å². The van der Waals surface area contributed by atoms with Gasteiger partial charge in [0.1, 0.15) is 11.7 Å². The molecule has 1 fully saturated rings. The molecule has 0 spiro atoms. The van der Waals surface area contributed by atoms with E-state index in [1.165, 1.54) is 0 Å². The first-order valence-corrected chi connectivity index (χ1v) is 2.82. The van der Waals surface area contributed by atoms with Crippen molar-refractivity contribution in [2.75, 3.05) is 0 Å². The van der Waals surface area contributed by atoms with Crippen LogP contribution in [0.5, 0.6) is 0 Å². The lowest BCUT2D eigenvalue weighted by Crippen LogP contribution is -2.06. The molecule has 1 saturated carbocycles. The van der Waals surface area contributed by atoms with E-state index in [1.54, 1.807) is 0 Å². The highest BCUT2D eigenvalue weighted by molar-refractivity contribution is 5.01. The SMILES string of the molecule is C#COC1(C)CC1C. The lowest BCUT2D eigenvalue weighted by molar-refractivity contribution is 0.148. The molecule has 0 saturated heterocycles. The van der Waals surface area contributed by atoms with Gasteiger partial charge in [-0.1, -0.05) is 13.3 Å². The van der Waals surface area contributed by atoms with E-state index < -0.39 is 0 Å². The van der Waals surface area contributed by atoms with Gasteiger partial charge in [0.25, 0.3) is 0 Å². The molecule has 2 atom stereocenters. The van der Waals surface area contributed by atoms with Gasteiger partial charge in [0, 0.05) is 5.92 Å². The van der Waals surface area contributed by atoms with Gasteiger partial charge in [-0.2, -0.15) is 0 Å². The molecule has 0 heterocycles. The number of terminal acetylenes is 1. The van der Waals surface area contributed by atoms with Crippen LogP contribution in [0, 0.1) is 18.4 Å². The maximum absolute atomic E-state index is 4.98. The molecule has 1 rings (SSSR count). The van der Waals surface area contributed by atoms with Crippen molar-refractivity contribution in [1.82, 2.24) is 0 Å². The molecule has 1 aliphatic rings. The predicted molar refractivity (Wildman–Crippen MR) is 32.1 cm³/mol. The average molecular weight is 110 g/mol. The van der Waals surface area contributed by atoms with E-state index in [1.807, 2.05) is 6.92 Å². The number of rotatable bonds is 1. The Morgan fingerprint density at radius 2 is 2.38 bits per heavy atom. The van der Waals surface area contributed by atoms with Crippen molar-refractivity contribution in [1.29, 1.82) is 0 Å². The Balaban J connectivity index is 2.38. The van der Waals surface area contributed by atoms with Gasteiger partial charge in [-0.05, 0) is 13.3 Å². The lowest BCUT2D eigenvalue weighted by atomic mass is 10.3. The quantitative estimate of drug-likeness (QED) is 0.463. The standard InChI is InChI=1S/C7H10O/c1-4-8-7(3)5-6(7)2/h1,6H,5H2,2-3H3. The topological polar surface area (TPSA) is 9.23 Å². The molecular weight excluding hydrogens is 100 g/mol. The third kappa shape index (κ3) is 0.667. The zero-order chi connectivity index (χ0) is 6.20. The van der Waals surface area contributed by atoms with Crippen molar-refractivity contribution in [3.63, 3.8) is 0 Å². The summed E-state index contributed by atoms with van der Waals surface area (Å²) >= 11 is 0. The molecule has 0 aromatic carbocycles. The third-order valence-corrected chi connectivity index (χ3v) is 1.89. The van der Waals surface area contributed by atoms with Crippen molar-refractivity contribution < 1.29 is 4.74 Å². The van der Waals surface area contributed by atoms with Crippen molar-refractivity contribution in [2.45, 2.75) is 25.9 Å². The molecule has 0 aromatic heterocycles. The van der Waals surface area contributed by atoms with Crippen molar-refractivity contribution >= 4 is 0 Å². The second-order valence-electron chi connectivity index (χ2n) is 2.64. The van der Waals surface area contributed by atoms with Crippen molar-refractivity contribution in [3.05, 3.63) is 0 Å². The summed E-state index contributed by atoms with van der Waals surface area (Å²) in [7, 11) is 0. The van der Waals surface area contributed by atoms with Crippen LogP contribution < -0.4 is 0 Å². The van der Waals surface area contributed by atoms with Gasteiger partial charge < -0.3 is 4.74 Å². The Kier molecular flexibility index (Phi) is 0.973. The van der Waals surface area contributed by atoms with Crippen LogP contribution in [0.1, 0.15) is 20.3 Å². The number of ether oxygens (including phenoxy) is 1. The zero-order valence-electron chi connectivity index (χ0n) is 5.27. The van der Waals surface area contributed by atoms with E-state index in [4.69, 9.17) is 11.2 Å². The Labute approximate surface area is 50.0 Å². The van der Waals surface area contributed by atoms with Crippen LogP contribution in [0.2, 0.25) is 0 Å². The van der Waals surface area contributed by atoms with E-state index in [2.05, 4.69) is 13.0 Å². The first-order chi connectivity index (χ1) is 3.69. The van der Waals surface area contributed by atoms with Crippen LogP contribution in [-0.4, -0.2) is 5.60 Å². The second kappa shape index (κ2) is 1.42. The van der Waals surface area contributed by atoms with E-state index in [0.717, 1.165) is 6.42 Å². The highest BCUT2D eigenvalue weighted by atomic mass is 16.5. The van der Waals surface area contributed by atoms with Gasteiger partial charge >= 0.3 is 0 Å². The van der Waals surface area contributed by atoms with Gasteiger partial charge in [0.15, 0.2) is 0 Å². The van der Waals surface area contributed by atoms with Crippen molar-refractivity contribution in [3.8, 4) is 12.5 Å². The van der Waals surface area contributed by atoms with Gasteiger partial charge in [-0.15, -0.1) is 0 Å². The van der Waals surface area contributed by atoms with Gasteiger partial charge in [0.2, 0.25) is 0 Å². The maximum Gasteiger partial charge on any atom is 0.121 e. The number of hydrogen-bond acceptors (Lipinski definition) is 1. The molecule has 0 bridgehead atoms. The van der Waals surface area contributed by atoms with Gasteiger partial charge in [-0.3, -0.25) is 0 Å². The monoisotopic (exact) mass is 110 g/mol. The summed E-state index contributed by atoms with van der Waals surface area (Å²) in [5.74, 6) is 0.651. The van der Waals surface area contributed by atoms with Crippen LogP contribution in [0.3, 0.4) is 0 Å². The first kappa shape index (κ1) is 5.50. The van der Waals surface area contributed by atoms with E-state index in [0.29, 0.717) is 5.92 Å². The highest BCUT2D eigenvalue weighted by Crippen LogP contribution is 2.45. The molecule has 8 heavy (non-hydrogen) atoms. The van der Waals surface area contributed by atoms with Crippen LogP contribution in [0.15, 0.2) is 0 Å². The van der Waals surface area contributed by atoms with E-state index >= 15 is 0 Å². The molecule has 0 aliphatic heterocycles. The Bertz CT molecular complexity index is 134. The minimum absolute atomic E-state index is 0.0226. The summed E-state index contributed by atoms with van der Waals surface area (Å²) in [6.07, 6.45) is 8.25. The summed E-state index contributed by atoms with van der Waals surface area (Å²) in [5.41, 5.74) is 0.0226. The fraction of sp³-hybridized carbons (Fsp3) is 0.714. The zero-order valence-corrected chi connectivity index (χ0v) is 5.27. The molecule has 1 nitrogen and oxygen atoms in total. The maximum atomic E-state index is 4.98. The molecule has 0 N–H and O–H groups in total. The highest BCUT2D eigenvalue weighted by Gasteiger charge is 2.49. The van der Waals surface area contributed by atoms with Gasteiger partial charge in [0.05, 0.1) is 0 Å². The predicted octanol–water partition coefficient (Wildman–Crippen LogP) is 1.39. The summed E-state index contributed by atoms with van der Waals surface area (Å²) in [4.78, 5) is 0. The molecule has 0 amide bonds. The molecule has 2 unspecified atom stereocenters. The fourth-order valence-electron chi connectivity index (χ4n) is 0.826. The second-order valence-corrected chi connectivity index (χ2v) is 2.64. The molecular formula is C7H10O. The summed E-state index contributed by atoms with van der Waals surface area (Å²) in [5, 5.41) is 0. The summed E-state index contributed by atoms with van der Waals surface area (Å²) in [6.45, 7) is 4.18. The van der Waals surface area contributed by atoms with Crippen LogP contribution >= 0.6 is 0 Å². The lowest BCUT2D eigenvalue weighted by Gasteiger charge is -2.03. The Morgan fingerprint density at radius 3 is 2.50 bits per heavy atom. The molecule has 0 radical (unpaired) electrons. The van der Waals surface area contributed by atoms with Gasteiger partial charge in [-0.25, -0.2) is 0 Å². The summed E-state index contributed by atoms with van der Waals surface area (Å²) < 4.78 is 4.98. The average Bonchev–Trinajstić information content (AvgIpc) is 2.16. The Hall–Kier alpha value is -0.640. The molecule has 44 valence electrons. The molecule has 0 aromatic rings. The van der Waals surface area contributed by atoms with E-state index in [9.17, 15) is 0 Å². The first-order valence-electron chi connectivity index (χ1n) is 2.82. The van der Waals surface area contributed by atoms with Crippen molar-refractivity contribution in [2.24, 2.45) is 5.92 Å². The molecule has 1 heteroatoms. The molecule has 1 aliphatic carbocycles. The number of hydrogen-bond donors (Lipinski definition) is 0. The van der Waals surface area contributed by atoms with Crippen LogP contribution in [-0.2, 0) is 4.74 Å². The largest absolute Gasteiger partial charge is 0.440 e. The minimum Gasteiger partial charge on any atom is -0.440 e. The van der Waals surface area contributed by atoms with Crippen LogP contribution in [0.25, 0.3) is 0 Å². The summed E-state index contributed by atoms with van der Waals surface area (Å²) in [6, 6.07) is 0. The minimum atomic E-state index is 0.0226. The normalized spacial score (nSPS) is 42.9. The smallest absolute Gasteiger partial charge is 0.121 e. The van der Waals surface area contributed by atoms with Crippen LogP contribution in [0.4, 0.5) is 0 Å².